The SMILES string of the molecule is CCN(CCO)Cc1c(F)cccc1F. The number of halogens is 2. The lowest BCUT2D eigenvalue weighted by atomic mass is 10.2. The molecule has 0 spiro atoms. The molecule has 1 rings (SSSR count). The summed E-state index contributed by atoms with van der Waals surface area (Å²) in [6, 6.07) is 3.83. The van der Waals surface area contributed by atoms with Crippen molar-refractivity contribution in [3.05, 3.63) is 35.4 Å². The van der Waals surface area contributed by atoms with Gasteiger partial charge in [-0.1, -0.05) is 13.0 Å². The van der Waals surface area contributed by atoms with Gasteiger partial charge < -0.3 is 5.11 Å². The second-order valence-electron chi connectivity index (χ2n) is 3.29. The van der Waals surface area contributed by atoms with E-state index in [4.69, 9.17) is 5.11 Å². The van der Waals surface area contributed by atoms with Crippen molar-refractivity contribution in [3.63, 3.8) is 0 Å². The van der Waals surface area contributed by atoms with Crippen molar-refractivity contribution < 1.29 is 13.9 Å². The summed E-state index contributed by atoms with van der Waals surface area (Å²) in [5.41, 5.74) is 0.0628. The first-order chi connectivity index (χ1) is 7.19. The number of rotatable bonds is 5. The molecule has 0 aliphatic rings. The molecule has 4 heteroatoms. The summed E-state index contributed by atoms with van der Waals surface area (Å²) in [6.07, 6.45) is 0. The molecule has 0 radical (unpaired) electrons. The van der Waals surface area contributed by atoms with Crippen LogP contribution >= 0.6 is 0 Å². The molecule has 0 atom stereocenters. The lowest BCUT2D eigenvalue weighted by Gasteiger charge is -2.19. The van der Waals surface area contributed by atoms with Gasteiger partial charge in [0.2, 0.25) is 0 Å². The maximum absolute atomic E-state index is 13.3. The molecule has 0 heterocycles. The maximum atomic E-state index is 13.3. The first-order valence-electron chi connectivity index (χ1n) is 4.95. The molecule has 0 aromatic heterocycles. The highest BCUT2D eigenvalue weighted by Gasteiger charge is 2.11. The van der Waals surface area contributed by atoms with Crippen LogP contribution in [0.3, 0.4) is 0 Å². The van der Waals surface area contributed by atoms with E-state index < -0.39 is 11.6 Å². The van der Waals surface area contributed by atoms with Gasteiger partial charge in [-0.25, -0.2) is 8.78 Å². The van der Waals surface area contributed by atoms with E-state index in [1.807, 2.05) is 6.92 Å². The van der Waals surface area contributed by atoms with Gasteiger partial charge in [0.25, 0.3) is 0 Å². The van der Waals surface area contributed by atoms with E-state index in [0.717, 1.165) is 0 Å². The fourth-order valence-electron chi connectivity index (χ4n) is 1.40. The van der Waals surface area contributed by atoms with Crippen molar-refractivity contribution in [2.24, 2.45) is 0 Å². The Kier molecular flexibility index (Phi) is 4.65. The lowest BCUT2D eigenvalue weighted by molar-refractivity contribution is 0.193. The predicted octanol–water partition coefficient (Wildman–Crippen LogP) is 1.78. The molecule has 15 heavy (non-hydrogen) atoms. The Morgan fingerprint density at radius 1 is 1.27 bits per heavy atom. The fourth-order valence-corrected chi connectivity index (χ4v) is 1.40. The highest BCUT2D eigenvalue weighted by Crippen LogP contribution is 2.14. The number of aliphatic hydroxyl groups is 1. The first-order valence-corrected chi connectivity index (χ1v) is 4.95. The molecule has 1 N–H and O–H groups in total. The number of benzene rings is 1. The summed E-state index contributed by atoms with van der Waals surface area (Å²) in [5.74, 6) is -1.07. The van der Waals surface area contributed by atoms with Gasteiger partial charge in [0.15, 0.2) is 0 Å². The van der Waals surface area contributed by atoms with Crippen molar-refractivity contribution in [3.8, 4) is 0 Å². The molecular weight excluding hydrogens is 200 g/mol. The Bertz CT molecular complexity index is 297. The van der Waals surface area contributed by atoms with Gasteiger partial charge in [-0.3, -0.25) is 4.90 Å². The Morgan fingerprint density at radius 2 is 1.87 bits per heavy atom. The van der Waals surface area contributed by atoms with Gasteiger partial charge in [-0.15, -0.1) is 0 Å². The third kappa shape index (κ3) is 3.25. The average Bonchev–Trinajstić information content (AvgIpc) is 2.22. The van der Waals surface area contributed by atoms with Gasteiger partial charge in [0.05, 0.1) is 6.61 Å². The Labute approximate surface area is 88.1 Å². The zero-order valence-electron chi connectivity index (χ0n) is 8.71. The third-order valence-electron chi connectivity index (χ3n) is 2.31. The molecule has 0 bridgehead atoms. The molecule has 0 aliphatic heterocycles. The van der Waals surface area contributed by atoms with E-state index >= 15 is 0 Å². The summed E-state index contributed by atoms with van der Waals surface area (Å²) in [6.45, 7) is 3.13. The first kappa shape index (κ1) is 12.1. The number of hydrogen-bond donors (Lipinski definition) is 1. The maximum Gasteiger partial charge on any atom is 0.130 e. The van der Waals surface area contributed by atoms with Crippen LogP contribution in [0, 0.1) is 11.6 Å². The topological polar surface area (TPSA) is 23.5 Å². The Balaban J connectivity index is 2.78. The van der Waals surface area contributed by atoms with Crippen molar-refractivity contribution in [2.75, 3.05) is 19.7 Å². The van der Waals surface area contributed by atoms with Crippen LogP contribution in [0.25, 0.3) is 0 Å². The molecule has 1 aromatic carbocycles. The summed E-state index contributed by atoms with van der Waals surface area (Å²) in [5, 5.41) is 8.76. The van der Waals surface area contributed by atoms with Gasteiger partial charge in [-0.2, -0.15) is 0 Å². The summed E-state index contributed by atoms with van der Waals surface area (Å²) < 4.78 is 26.5. The molecule has 0 saturated carbocycles. The largest absolute Gasteiger partial charge is 0.395 e. The van der Waals surface area contributed by atoms with Crippen LogP contribution in [0.1, 0.15) is 12.5 Å². The van der Waals surface area contributed by atoms with E-state index in [1.54, 1.807) is 4.90 Å². The molecule has 2 nitrogen and oxygen atoms in total. The molecule has 0 fully saturated rings. The zero-order chi connectivity index (χ0) is 11.3. The van der Waals surface area contributed by atoms with Crippen molar-refractivity contribution in [1.82, 2.24) is 4.90 Å². The molecule has 1 aromatic rings. The molecule has 0 aliphatic carbocycles. The molecule has 84 valence electrons. The standard InChI is InChI=1S/C11H15F2NO/c1-2-14(6-7-15)8-9-10(12)4-3-5-11(9)13/h3-5,15H,2,6-8H2,1H3. The Morgan fingerprint density at radius 3 is 2.33 bits per heavy atom. The minimum atomic E-state index is -0.536. The zero-order valence-corrected chi connectivity index (χ0v) is 8.71. The van der Waals surface area contributed by atoms with E-state index in [1.165, 1.54) is 18.2 Å². The van der Waals surface area contributed by atoms with Crippen molar-refractivity contribution >= 4 is 0 Å². The van der Waals surface area contributed by atoms with Crippen LogP contribution in [0.2, 0.25) is 0 Å². The number of aliphatic hydroxyl groups excluding tert-OH is 1. The smallest absolute Gasteiger partial charge is 0.130 e. The predicted molar refractivity (Wildman–Crippen MR) is 54.4 cm³/mol. The van der Waals surface area contributed by atoms with Crippen LogP contribution < -0.4 is 0 Å². The van der Waals surface area contributed by atoms with Crippen molar-refractivity contribution in [1.29, 1.82) is 0 Å². The quantitative estimate of drug-likeness (QED) is 0.809. The lowest BCUT2D eigenvalue weighted by Crippen LogP contribution is -2.27. The second kappa shape index (κ2) is 5.78. The van der Waals surface area contributed by atoms with Crippen LogP contribution in [-0.4, -0.2) is 29.7 Å². The van der Waals surface area contributed by atoms with Crippen LogP contribution in [0.4, 0.5) is 8.78 Å². The fraction of sp³-hybridized carbons (Fsp3) is 0.455. The van der Waals surface area contributed by atoms with Gasteiger partial charge in [0, 0.05) is 18.7 Å². The van der Waals surface area contributed by atoms with Gasteiger partial charge in [0.1, 0.15) is 11.6 Å². The van der Waals surface area contributed by atoms with Crippen LogP contribution in [0.15, 0.2) is 18.2 Å². The monoisotopic (exact) mass is 215 g/mol. The molecular formula is C11H15F2NO. The van der Waals surface area contributed by atoms with E-state index in [9.17, 15) is 8.78 Å². The van der Waals surface area contributed by atoms with E-state index in [-0.39, 0.29) is 18.7 Å². The van der Waals surface area contributed by atoms with E-state index in [2.05, 4.69) is 0 Å². The summed E-state index contributed by atoms with van der Waals surface area (Å²) in [4.78, 5) is 1.78. The van der Waals surface area contributed by atoms with Gasteiger partial charge in [-0.05, 0) is 18.7 Å². The highest BCUT2D eigenvalue weighted by atomic mass is 19.1. The van der Waals surface area contributed by atoms with Crippen molar-refractivity contribution in [2.45, 2.75) is 13.5 Å². The normalized spacial score (nSPS) is 11.0. The van der Waals surface area contributed by atoms with Crippen LogP contribution in [-0.2, 0) is 6.54 Å². The second-order valence-corrected chi connectivity index (χ2v) is 3.29. The Hall–Kier alpha value is -1.00. The summed E-state index contributed by atoms with van der Waals surface area (Å²) >= 11 is 0. The van der Waals surface area contributed by atoms with Gasteiger partial charge >= 0.3 is 0 Å². The number of nitrogens with zero attached hydrogens (tertiary/aromatic N) is 1. The third-order valence-corrected chi connectivity index (χ3v) is 2.31. The minimum Gasteiger partial charge on any atom is -0.395 e. The van der Waals surface area contributed by atoms with Crippen LogP contribution in [0.5, 0.6) is 0 Å². The highest BCUT2D eigenvalue weighted by molar-refractivity contribution is 5.19. The average molecular weight is 215 g/mol. The van der Waals surface area contributed by atoms with E-state index in [0.29, 0.717) is 13.1 Å². The molecule has 0 unspecified atom stereocenters. The minimum absolute atomic E-state index is 0.0100. The number of hydrogen-bond acceptors (Lipinski definition) is 2. The number of likely N-dealkylation sites (N-methyl/N-ethyl adjacent to an activating group) is 1. The molecule has 0 saturated heterocycles. The summed E-state index contributed by atoms with van der Waals surface area (Å²) in [7, 11) is 0. The molecule has 0 amide bonds.